The van der Waals surface area contributed by atoms with Crippen molar-refractivity contribution >= 4 is 11.9 Å². The van der Waals surface area contributed by atoms with Gasteiger partial charge in [-0.3, -0.25) is 14.6 Å². The van der Waals surface area contributed by atoms with E-state index in [0.29, 0.717) is 35.0 Å². The minimum atomic E-state index is -0.213. The van der Waals surface area contributed by atoms with Gasteiger partial charge in [0.15, 0.2) is 0 Å². The number of nitrogens with one attached hydrogen (secondary N) is 3. The summed E-state index contributed by atoms with van der Waals surface area (Å²) in [5.74, 6) is 0.729. The second-order valence-electron chi connectivity index (χ2n) is 6.85. The second kappa shape index (κ2) is 7.36. The van der Waals surface area contributed by atoms with Gasteiger partial charge in [0.05, 0.1) is 0 Å². The molecule has 1 aliphatic heterocycles. The number of carbonyl (C=O) groups excluding carboxylic acids is 1. The lowest BCUT2D eigenvalue weighted by Gasteiger charge is -2.22. The Balaban J connectivity index is 1.94. The number of hydrazine groups is 1. The van der Waals surface area contributed by atoms with Crippen LogP contribution in [0.2, 0.25) is 0 Å². The van der Waals surface area contributed by atoms with Crippen LogP contribution < -0.4 is 21.3 Å². The van der Waals surface area contributed by atoms with Crippen molar-refractivity contribution < 1.29 is 4.79 Å². The Hall–Kier alpha value is -2.93. The van der Waals surface area contributed by atoms with Crippen molar-refractivity contribution in [3.63, 3.8) is 0 Å². The molecule has 1 unspecified atom stereocenters. The van der Waals surface area contributed by atoms with E-state index in [4.69, 9.17) is 0 Å². The van der Waals surface area contributed by atoms with Gasteiger partial charge in [0.1, 0.15) is 5.82 Å². The number of rotatable bonds is 4. The molecule has 1 amide bonds. The van der Waals surface area contributed by atoms with Crippen LogP contribution in [0.4, 0.5) is 5.95 Å². The summed E-state index contributed by atoms with van der Waals surface area (Å²) in [5, 5.41) is 4.59. The predicted molar refractivity (Wildman–Crippen MR) is 105 cm³/mol. The zero-order chi connectivity index (χ0) is 19.7. The summed E-state index contributed by atoms with van der Waals surface area (Å²) in [6, 6.07) is 7.37. The summed E-state index contributed by atoms with van der Waals surface area (Å²) < 4.78 is 0. The number of aromatic amines is 1. The van der Waals surface area contributed by atoms with E-state index in [-0.39, 0.29) is 17.5 Å². The standard InChI is InChI=1S/C20H25N5O2/c1-6-16-14(5)21-20(23-19(16)27)25-17(12(3)13(4)24-25)22-18(26)15-9-7-11(2)8-10-15/h7-10,13,24H,6H2,1-5H3,(H,22,26)(H,21,23,27). The lowest BCUT2D eigenvalue weighted by atomic mass is 10.1. The molecule has 7 heteroatoms. The normalized spacial score (nSPS) is 16.8. The fourth-order valence-corrected chi connectivity index (χ4v) is 3.06. The third-order valence-electron chi connectivity index (χ3n) is 4.89. The molecule has 2 heterocycles. The summed E-state index contributed by atoms with van der Waals surface area (Å²) in [6.07, 6.45) is 0.615. The molecule has 7 nitrogen and oxygen atoms in total. The zero-order valence-corrected chi connectivity index (χ0v) is 16.3. The molecular formula is C20H25N5O2. The van der Waals surface area contributed by atoms with Crippen LogP contribution in [0.1, 0.15) is 48.0 Å². The zero-order valence-electron chi connectivity index (χ0n) is 16.3. The smallest absolute Gasteiger partial charge is 0.256 e. The Morgan fingerprint density at radius 3 is 2.48 bits per heavy atom. The van der Waals surface area contributed by atoms with Gasteiger partial charge in [-0.2, -0.15) is 0 Å². The Morgan fingerprint density at radius 1 is 1.22 bits per heavy atom. The van der Waals surface area contributed by atoms with Crippen molar-refractivity contribution in [2.75, 3.05) is 5.01 Å². The van der Waals surface area contributed by atoms with Crippen LogP contribution in [0, 0.1) is 13.8 Å². The number of hydrogen-bond acceptors (Lipinski definition) is 5. The molecule has 0 spiro atoms. The summed E-state index contributed by atoms with van der Waals surface area (Å²) >= 11 is 0. The molecule has 1 atom stereocenters. The van der Waals surface area contributed by atoms with Crippen LogP contribution in [-0.2, 0) is 6.42 Å². The Morgan fingerprint density at radius 2 is 1.89 bits per heavy atom. The van der Waals surface area contributed by atoms with Crippen molar-refractivity contribution in [2.45, 2.75) is 47.1 Å². The molecular weight excluding hydrogens is 342 g/mol. The number of nitrogens with zero attached hydrogens (tertiary/aromatic N) is 2. The highest BCUT2D eigenvalue weighted by Crippen LogP contribution is 2.22. The van der Waals surface area contributed by atoms with E-state index in [1.807, 2.05) is 46.8 Å². The van der Waals surface area contributed by atoms with E-state index < -0.39 is 0 Å². The van der Waals surface area contributed by atoms with Crippen LogP contribution in [0.25, 0.3) is 0 Å². The average molecular weight is 367 g/mol. The molecule has 1 aliphatic rings. The number of hydrogen-bond donors (Lipinski definition) is 3. The molecule has 3 rings (SSSR count). The third kappa shape index (κ3) is 3.64. The molecule has 0 saturated heterocycles. The minimum absolute atomic E-state index is 0.00484. The Bertz CT molecular complexity index is 959. The monoisotopic (exact) mass is 367 g/mol. The molecule has 0 fully saturated rings. The molecule has 3 N–H and O–H groups in total. The number of aromatic nitrogens is 2. The highest BCUT2D eigenvalue weighted by Gasteiger charge is 2.30. The number of H-pyrrole nitrogens is 1. The molecule has 0 aliphatic carbocycles. The quantitative estimate of drug-likeness (QED) is 0.772. The fourth-order valence-electron chi connectivity index (χ4n) is 3.06. The number of aryl methyl sites for hydroxylation is 2. The van der Waals surface area contributed by atoms with Gasteiger partial charge in [-0.1, -0.05) is 24.6 Å². The average Bonchev–Trinajstić information content (AvgIpc) is 2.90. The number of amides is 1. The molecule has 0 saturated carbocycles. The lowest BCUT2D eigenvalue weighted by Crippen LogP contribution is -2.43. The number of anilines is 1. The summed E-state index contributed by atoms with van der Waals surface area (Å²) in [6.45, 7) is 9.64. The fraction of sp³-hybridized carbons (Fsp3) is 0.350. The second-order valence-corrected chi connectivity index (χ2v) is 6.85. The van der Waals surface area contributed by atoms with Crippen molar-refractivity contribution in [2.24, 2.45) is 0 Å². The molecule has 1 aromatic heterocycles. The van der Waals surface area contributed by atoms with Gasteiger partial charge in [0, 0.05) is 22.9 Å². The first-order valence-electron chi connectivity index (χ1n) is 9.06. The van der Waals surface area contributed by atoms with Crippen molar-refractivity contribution in [3.05, 3.63) is 68.4 Å². The maximum absolute atomic E-state index is 12.7. The topological polar surface area (TPSA) is 90.1 Å². The summed E-state index contributed by atoms with van der Waals surface area (Å²) in [5.41, 5.74) is 7.03. The first kappa shape index (κ1) is 18.8. The van der Waals surface area contributed by atoms with Gasteiger partial charge >= 0.3 is 0 Å². The lowest BCUT2D eigenvalue weighted by molar-refractivity contribution is 0.0964. The van der Waals surface area contributed by atoms with Crippen molar-refractivity contribution in [3.8, 4) is 0 Å². The van der Waals surface area contributed by atoms with Crippen LogP contribution in [0.15, 0.2) is 40.5 Å². The van der Waals surface area contributed by atoms with E-state index in [9.17, 15) is 9.59 Å². The minimum Gasteiger partial charge on any atom is -0.307 e. The molecule has 2 aromatic rings. The molecule has 27 heavy (non-hydrogen) atoms. The van der Waals surface area contributed by atoms with Gasteiger partial charge in [-0.15, -0.1) is 0 Å². The van der Waals surface area contributed by atoms with Gasteiger partial charge in [-0.05, 0) is 51.8 Å². The van der Waals surface area contributed by atoms with Gasteiger partial charge in [0.25, 0.3) is 11.5 Å². The highest BCUT2D eigenvalue weighted by atomic mass is 16.2. The van der Waals surface area contributed by atoms with E-state index in [0.717, 1.165) is 11.1 Å². The van der Waals surface area contributed by atoms with Crippen LogP contribution in [0.5, 0.6) is 0 Å². The molecule has 0 radical (unpaired) electrons. The number of benzene rings is 1. The van der Waals surface area contributed by atoms with Crippen molar-refractivity contribution in [1.82, 2.24) is 20.7 Å². The maximum Gasteiger partial charge on any atom is 0.256 e. The first-order valence-corrected chi connectivity index (χ1v) is 9.06. The summed E-state index contributed by atoms with van der Waals surface area (Å²) in [4.78, 5) is 32.4. The van der Waals surface area contributed by atoms with Crippen LogP contribution in [-0.4, -0.2) is 21.9 Å². The Labute approximate surface area is 158 Å². The third-order valence-corrected chi connectivity index (χ3v) is 4.89. The van der Waals surface area contributed by atoms with Crippen molar-refractivity contribution in [1.29, 1.82) is 0 Å². The SMILES string of the molecule is CCc1c(C)nc(N2NC(C)C(C)=C2NC(=O)c2ccc(C)cc2)[nH]c1=O. The van der Waals surface area contributed by atoms with E-state index in [1.165, 1.54) is 0 Å². The van der Waals surface area contributed by atoms with E-state index >= 15 is 0 Å². The van der Waals surface area contributed by atoms with E-state index in [1.54, 1.807) is 17.1 Å². The number of carbonyl (C=O) groups is 1. The van der Waals surface area contributed by atoms with Gasteiger partial charge < -0.3 is 5.32 Å². The van der Waals surface area contributed by atoms with Crippen LogP contribution >= 0.6 is 0 Å². The first-order chi connectivity index (χ1) is 12.8. The van der Waals surface area contributed by atoms with Gasteiger partial charge in [0.2, 0.25) is 5.95 Å². The van der Waals surface area contributed by atoms with E-state index in [2.05, 4.69) is 20.7 Å². The largest absolute Gasteiger partial charge is 0.307 e. The Kier molecular flexibility index (Phi) is 5.14. The van der Waals surface area contributed by atoms with Gasteiger partial charge in [-0.25, -0.2) is 15.4 Å². The highest BCUT2D eigenvalue weighted by molar-refractivity contribution is 5.95. The van der Waals surface area contributed by atoms with Crippen LogP contribution in [0.3, 0.4) is 0 Å². The molecule has 1 aromatic carbocycles. The summed E-state index contributed by atoms with van der Waals surface area (Å²) in [7, 11) is 0. The maximum atomic E-state index is 12.7. The molecule has 142 valence electrons. The molecule has 0 bridgehead atoms. The predicted octanol–water partition coefficient (Wildman–Crippen LogP) is 2.32.